The lowest BCUT2D eigenvalue weighted by molar-refractivity contribution is 0.0548. The van der Waals surface area contributed by atoms with E-state index >= 15 is 0 Å². The summed E-state index contributed by atoms with van der Waals surface area (Å²) in [7, 11) is 1.57. The molecule has 0 aromatic heterocycles. The van der Waals surface area contributed by atoms with Gasteiger partial charge in [-0.1, -0.05) is 6.07 Å². The molecule has 2 N–H and O–H groups in total. The van der Waals surface area contributed by atoms with E-state index in [-0.39, 0.29) is 11.9 Å². The predicted molar refractivity (Wildman–Crippen MR) is 111 cm³/mol. The van der Waals surface area contributed by atoms with Crippen molar-refractivity contribution in [1.82, 2.24) is 4.90 Å². The molecule has 2 aliphatic rings. The molecule has 7 heteroatoms. The van der Waals surface area contributed by atoms with Gasteiger partial charge >= 0.3 is 6.03 Å². The number of carbonyl (C=O) groups excluding carboxylic acids is 2. The fourth-order valence-electron chi connectivity index (χ4n) is 3.92. The lowest BCUT2D eigenvalue weighted by Crippen LogP contribution is -2.45. The van der Waals surface area contributed by atoms with Crippen molar-refractivity contribution in [1.29, 1.82) is 0 Å². The SMILES string of the molecule is COc1cccc(NC(=O)Nc2ccc3c(c2)C(=O)N2CCCCC2CCO3)c1. The highest BCUT2D eigenvalue weighted by atomic mass is 16.5. The Morgan fingerprint density at radius 2 is 1.93 bits per heavy atom. The molecule has 0 aliphatic carbocycles. The first-order valence-corrected chi connectivity index (χ1v) is 9.94. The molecule has 2 heterocycles. The first-order chi connectivity index (χ1) is 14.1. The minimum absolute atomic E-state index is 0.0266. The van der Waals surface area contributed by atoms with Crippen LogP contribution in [0.3, 0.4) is 0 Å². The number of piperidine rings is 1. The van der Waals surface area contributed by atoms with Gasteiger partial charge in [0.15, 0.2) is 0 Å². The molecule has 1 saturated heterocycles. The number of anilines is 2. The molecule has 2 aromatic rings. The van der Waals surface area contributed by atoms with E-state index in [1.807, 2.05) is 4.90 Å². The number of methoxy groups -OCH3 is 1. The molecule has 29 heavy (non-hydrogen) atoms. The van der Waals surface area contributed by atoms with Gasteiger partial charge < -0.3 is 25.0 Å². The molecule has 7 nitrogen and oxygen atoms in total. The maximum absolute atomic E-state index is 13.1. The molecular weight excluding hydrogens is 370 g/mol. The molecule has 0 radical (unpaired) electrons. The highest BCUT2D eigenvalue weighted by Gasteiger charge is 2.31. The third kappa shape index (κ3) is 4.29. The van der Waals surface area contributed by atoms with Crippen molar-refractivity contribution in [3.05, 3.63) is 48.0 Å². The third-order valence-corrected chi connectivity index (χ3v) is 5.39. The minimum atomic E-state index is -0.395. The van der Waals surface area contributed by atoms with E-state index in [9.17, 15) is 9.59 Å². The van der Waals surface area contributed by atoms with E-state index < -0.39 is 6.03 Å². The van der Waals surface area contributed by atoms with E-state index in [1.54, 1.807) is 49.6 Å². The number of urea groups is 1. The maximum atomic E-state index is 13.1. The van der Waals surface area contributed by atoms with Crippen molar-refractivity contribution in [3.63, 3.8) is 0 Å². The molecule has 0 spiro atoms. The lowest BCUT2D eigenvalue weighted by Gasteiger charge is -2.37. The zero-order chi connectivity index (χ0) is 20.2. The fourth-order valence-corrected chi connectivity index (χ4v) is 3.92. The van der Waals surface area contributed by atoms with E-state index in [0.717, 1.165) is 32.2 Å². The van der Waals surface area contributed by atoms with Crippen LogP contribution in [0, 0.1) is 0 Å². The standard InChI is InChI=1S/C22H25N3O4/c1-28-18-7-4-5-15(13-18)23-22(27)24-16-8-9-20-19(14-16)21(26)25-11-3-2-6-17(25)10-12-29-20/h4-5,7-9,13-14,17H,2-3,6,10-12H2,1H3,(H2,23,24,27). The number of carbonyl (C=O) groups is 2. The van der Waals surface area contributed by atoms with Crippen LogP contribution in [0.25, 0.3) is 0 Å². The van der Waals surface area contributed by atoms with Crippen molar-refractivity contribution in [2.45, 2.75) is 31.7 Å². The van der Waals surface area contributed by atoms with Gasteiger partial charge in [0.05, 0.1) is 19.3 Å². The molecule has 2 aromatic carbocycles. The molecule has 3 amide bonds. The molecule has 1 atom stereocenters. The number of fused-ring (bicyclic) bond motifs is 2. The van der Waals surface area contributed by atoms with Crippen LogP contribution in [-0.2, 0) is 0 Å². The largest absolute Gasteiger partial charge is 0.497 e. The molecule has 4 rings (SSSR count). The van der Waals surface area contributed by atoms with Crippen LogP contribution in [-0.4, -0.2) is 43.1 Å². The van der Waals surface area contributed by atoms with Gasteiger partial charge in [0.25, 0.3) is 5.91 Å². The van der Waals surface area contributed by atoms with E-state index in [0.29, 0.717) is 35.0 Å². The van der Waals surface area contributed by atoms with Crippen LogP contribution in [0.2, 0.25) is 0 Å². The number of hydrogen-bond donors (Lipinski definition) is 2. The summed E-state index contributed by atoms with van der Waals surface area (Å²) in [4.78, 5) is 27.5. The normalized spacial score (nSPS) is 18.4. The highest BCUT2D eigenvalue weighted by Crippen LogP contribution is 2.31. The molecule has 2 aliphatic heterocycles. The number of amides is 3. The zero-order valence-electron chi connectivity index (χ0n) is 16.4. The van der Waals surface area contributed by atoms with Gasteiger partial charge in [-0.15, -0.1) is 0 Å². The number of nitrogens with one attached hydrogen (secondary N) is 2. The monoisotopic (exact) mass is 395 g/mol. The summed E-state index contributed by atoms with van der Waals surface area (Å²) in [6.07, 6.45) is 4.05. The molecule has 0 bridgehead atoms. The Bertz CT molecular complexity index is 915. The third-order valence-electron chi connectivity index (χ3n) is 5.39. The van der Waals surface area contributed by atoms with Crippen LogP contribution in [0.15, 0.2) is 42.5 Å². The average molecular weight is 395 g/mol. The van der Waals surface area contributed by atoms with Crippen LogP contribution >= 0.6 is 0 Å². The number of ether oxygens (including phenoxy) is 2. The van der Waals surface area contributed by atoms with Gasteiger partial charge in [-0.25, -0.2) is 4.79 Å². The summed E-state index contributed by atoms with van der Waals surface area (Å²) in [5.74, 6) is 1.20. The number of benzene rings is 2. The minimum Gasteiger partial charge on any atom is -0.497 e. The van der Waals surface area contributed by atoms with Crippen molar-refractivity contribution < 1.29 is 19.1 Å². The summed E-state index contributed by atoms with van der Waals surface area (Å²) in [5.41, 5.74) is 1.65. The van der Waals surface area contributed by atoms with Crippen LogP contribution < -0.4 is 20.1 Å². The Kier molecular flexibility index (Phi) is 5.55. The molecule has 152 valence electrons. The fraction of sp³-hybridized carbons (Fsp3) is 0.364. The van der Waals surface area contributed by atoms with Gasteiger partial charge in [0, 0.05) is 36.4 Å². The second kappa shape index (κ2) is 8.43. The van der Waals surface area contributed by atoms with Gasteiger partial charge in [-0.05, 0) is 49.6 Å². The topological polar surface area (TPSA) is 79.9 Å². The van der Waals surface area contributed by atoms with Crippen molar-refractivity contribution in [3.8, 4) is 11.5 Å². The van der Waals surface area contributed by atoms with Gasteiger partial charge in [-0.3, -0.25) is 4.79 Å². The Morgan fingerprint density at radius 3 is 2.76 bits per heavy atom. The van der Waals surface area contributed by atoms with E-state index in [2.05, 4.69) is 10.6 Å². The van der Waals surface area contributed by atoms with E-state index in [1.165, 1.54) is 0 Å². The zero-order valence-corrected chi connectivity index (χ0v) is 16.4. The van der Waals surface area contributed by atoms with Crippen molar-refractivity contribution >= 4 is 23.3 Å². The first-order valence-electron chi connectivity index (χ1n) is 9.94. The van der Waals surface area contributed by atoms with E-state index in [4.69, 9.17) is 9.47 Å². The van der Waals surface area contributed by atoms with Crippen LogP contribution in [0.4, 0.5) is 16.2 Å². The second-order valence-electron chi connectivity index (χ2n) is 7.31. The quantitative estimate of drug-likeness (QED) is 0.819. The second-order valence-corrected chi connectivity index (χ2v) is 7.31. The molecule has 0 saturated carbocycles. The summed E-state index contributed by atoms with van der Waals surface area (Å²) >= 11 is 0. The van der Waals surface area contributed by atoms with Crippen LogP contribution in [0.5, 0.6) is 11.5 Å². The Hall–Kier alpha value is -3.22. The van der Waals surface area contributed by atoms with Gasteiger partial charge in [0.2, 0.25) is 0 Å². The van der Waals surface area contributed by atoms with Gasteiger partial charge in [0.1, 0.15) is 11.5 Å². The smallest absolute Gasteiger partial charge is 0.323 e. The average Bonchev–Trinajstić information content (AvgIpc) is 2.73. The summed E-state index contributed by atoms with van der Waals surface area (Å²) in [5, 5.41) is 5.56. The molecular formula is C22H25N3O4. The predicted octanol–water partition coefficient (Wildman–Crippen LogP) is 4.12. The Morgan fingerprint density at radius 1 is 1.10 bits per heavy atom. The first kappa shape index (κ1) is 19.1. The summed E-state index contributed by atoms with van der Waals surface area (Å²) < 4.78 is 11.0. The number of hydrogen-bond acceptors (Lipinski definition) is 4. The number of nitrogens with zero attached hydrogens (tertiary/aromatic N) is 1. The van der Waals surface area contributed by atoms with Gasteiger partial charge in [-0.2, -0.15) is 0 Å². The summed E-state index contributed by atoms with van der Waals surface area (Å²) in [6.45, 7) is 1.36. The van der Waals surface area contributed by atoms with Crippen molar-refractivity contribution in [2.75, 3.05) is 30.9 Å². The lowest BCUT2D eigenvalue weighted by atomic mass is 9.97. The maximum Gasteiger partial charge on any atom is 0.323 e. The highest BCUT2D eigenvalue weighted by molar-refractivity contribution is 6.02. The Labute approximate surface area is 170 Å². The Balaban J connectivity index is 1.51. The van der Waals surface area contributed by atoms with Crippen molar-refractivity contribution in [2.24, 2.45) is 0 Å². The summed E-state index contributed by atoms with van der Waals surface area (Å²) in [6, 6.07) is 12.1. The van der Waals surface area contributed by atoms with Crippen LogP contribution in [0.1, 0.15) is 36.0 Å². The number of rotatable bonds is 3. The molecule has 1 unspecified atom stereocenters. The molecule has 1 fully saturated rings.